The second-order valence-corrected chi connectivity index (χ2v) is 6.34. The van der Waals surface area contributed by atoms with Gasteiger partial charge < -0.3 is 15.0 Å². The molecule has 5 heteroatoms. The normalized spacial score (nSPS) is 32.4. The third-order valence-electron chi connectivity index (χ3n) is 4.41. The van der Waals surface area contributed by atoms with Crippen molar-refractivity contribution in [2.24, 2.45) is 11.8 Å². The predicted octanol–water partition coefficient (Wildman–Crippen LogP) is 2.07. The maximum atomic E-state index is 12.4. The van der Waals surface area contributed by atoms with Crippen LogP contribution in [0.2, 0.25) is 0 Å². The Balaban J connectivity index is 0.00000200. The van der Waals surface area contributed by atoms with Crippen molar-refractivity contribution in [2.75, 3.05) is 26.2 Å². The van der Waals surface area contributed by atoms with Gasteiger partial charge in [-0.25, -0.2) is 0 Å². The molecule has 0 aromatic carbocycles. The minimum atomic E-state index is 0. The lowest BCUT2D eigenvalue weighted by Crippen LogP contribution is -2.48. The van der Waals surface area contributed by atoms with E-state index in [0.29, 0.717) is 24.2 Å². The van der Waals surface area contributed by atoms with Crippen molar-refractivity contribution in [1.29, 1.82) is 0 Å². The fourth-order valence-electron chi connectivity index (χ4n) is 3.32. The van der Waals surface area contributed by atoms with Crippen molar-refractivity contribution in [2.45, 2.75) is 52.2 Å². The molecule has 118 valence electrons. The number of morpholine rings is 1. The van der Waals surface area contributed by atoms with Crippen molar-refractivity contribution >= 4 is 18.3 Å². The highest BCUT2D eigenvalue weighted by Gasteiger charge is 2.28. The van der Waals surface area contributed by atoms with Crippen LogP contribution in [0.1, 0.15) is 40.0 Å². The van der Waals surface area contributed by atoms with Crippen molar-refractivity contribution in [1.82, 2.24) is 10.2 Å². The van der Waals surface area contributed by atoms with Crippen LogP contribution < -0.4 is 5.32 Å². The summed E-state index contributed by atoms with van der Waals surface area (Å²) < 4.78 is 5.68. The molecule has 0 aliphatic carbocycles. The molecule has 4 nitrogen and oxygen atoms in total. The van der Waals surface area contributed by atoms with Gasteiger partial charge in [0.05, 0.1) is 12.2 Å². The number of piperidine rings is 1. The molecule has 2 aliphatic heterocycles. The van der Waals surface area contributed by atoms with Gasteiger partial charge in [-0.2, -0.15) is 0 Å². The number of carbonyl (C=O) groups excluding carboxylic acids is 1. The van der Waals surface area contributed by atoms with Crippen LogP contribution in [0.4, 0.5) is 0 Å². The summed E-state index contributed by atoms with van der Waals surface area (Å²) in [6, 6.07) is 0. The summed E-state index contributed by atoms with van der Waals surface area (Å²) >= 11 is 0. The number of nitrogens with zero attached hydrogens (tertiary/aromatic N) is 1. The monoisotopic (exact) mass is 304 g/mol. The number of nitrogens with one attached hydrogen (secondary N) is 1. The average molecular weight is 305 g/mol. The molecule has 1 N–H and O–H groups in total. The smallest absolute Gasteiger partial charge is 0.223 e. The molecule has 2 rings (SSSR count). The number of rotatable bonds is 3. The Morgan fingerprint density at radius 2 is 2.00 bits per heavy atom. The van der Waals surface area contributed by atoms with Crippen LogP contribution in [-0.2, 0) is 9.53 Å². The van der Waals surface area contributed by atoms with Gasteiger partial charge in [-0.15, -0.1) is 12.4 Å². The summed E-state index contributed by atoms with van der Waals surface area (Å²) in [7, 11) is 0. The fraction of sp³-hybridized carbons (Fsp3) is 0.933. The van der Waals surface area contributed by atoms with Gasteiger partial charge >= 0.3 is 0 Å². The van der Waals surface area contributed by atoms with E-state index in [9.17, 15) is 4.79 Å². The van der Waals surface area contributed by atoms with Crippen LogP contribution in [0.15, 0.2) is 0 Å². The molecule has 2 fully saturated rings. The van der Waals surface area contributed by atoms with Crippen molar-refractivity contribution < 1.29 is 9.53 Å². The van der Waals surface area contributed by atoms with Gasteiger partial charge in [0.25, 0.3) is 0 Å². The lowest BCUT2D eigenvalue weighted by molar-refractivity contribution is -0.144. The zero-order valence-corrected chi connectivity index (χ0v) is 13.7. The molecule has 0 bridgehead atoms. The van der Waals surface area contributed by atoms with E-state index in [2.05, 4.69) is 12.2 Å². The van der Waals surface area contributed by atoms with Gasteiger partial charge in [-0.1, -0.05) is 6.92 Å². The number of ether oxygens (including phenoxy) is 1. The molecule has 20 heavy (non-hydrogen) atoms. The molecule has 2 saturated heterocycles. The van der Waals surface area contributed by atoms with Gasteiger partial charge in [0.2, 0.25) is 5.91 Å². The molecule has 0 saturated carbocycles. The van der Waals surface area contributed by atoms with Gasteiger partial charge in [-0.3, -0.25) is 4.79 Å². The Labute approximate surface area is 129 Å². The van der Waals surface area contributed by atoms with E-state index in [1.807, 2.05) is 18.7 Å². The predicted molar refractivity (Wildman–Crippen MR) is 83.2 cm³/mol. The molecule has 1 amide bonds. The number of amides is 1. The second-order valence-electron chi connectivity index (χ2n) is 6.34. The molecule has 0 radical (unpaired) electrons. The Morgan fingerprint density at radius 1 is 1.35 bits per heavy atom. The van der Waals surface area contributed by atoms with E-state index in [1.165, 1.54) is 12.8 Å². The van der Waals surface area contributed by atoms with Crippen LogP contribution in [0.5, 0.6) is 0 Å². The van der Waals surface area contributed by atoms with Gasteiger partial charge in [0.1, 0.15) is 0 Å². The highest BCUT2D eigenvalue weighted by molar-refractivity contribution is 5.85. The quantitative estimate of drug-likeness (QED) is 0.868. The highest BCUT2D eigenvalue weighted by Crippen LogP contribution is 2.24. The van der Waals surface area contributed by atoms with Crippen LogP contribution in [0.3, 0.4) is 0 Å². The molecular weight excluding hydrogens is 276 g/mol. The molecule has 4 atom stereocenters. The molecule has 0 spiro atoms. The summed E-state index contributed by atoms with van der Waals surface area (Å²) in [6.07, 6.45) is 3.52. The summed E-state index contributed by atoms with van der Waals surface area (Å²) in [5.74, 6) is 1.45. The summed E-state index contributed by atoms with van der Waals surface area (Å²) in [5.41, 5.74) is 0. The van der Waals surface area contributed by atoms with E-state index < -0.39 is 0 Å². The van der Waals surface area contributed by atoms with E-state index in [-0.39, 0.29) is 24.6 Å². The largest absolute Gasteiger partial charge is 0.372 e. The van der Waals surface area contributed by atoms with E-state index in [1.54, 1.807) is 0 Å². The maximum absolute atomic E-state index is 12.4. The molecule has 0 aromatic rings. The molecule has 0 aromatic heterocycles. The van der Waals surface area contributed by atoms with Crippen LogP contribution >= 0.6 is 12.4 Å². The van der Waals surface area contributed by atoms with Crippen molar-refractivity contribution in [3.8, 4) is 0 Å². The Hall–Kier alpha value is -0.320. The Bertz CT molecular complexity index is 298. The zero-order chi connectivity index (χ0) is 13.8. The SMILES string of the molecule is CC(CC(=O)N1C[C@@H](C)O[C@@H](C)C1)C1CCCNC1.Cl. The van der Waals surface area contributed by atoms with E-state index >= 15 is 0 Å². The molecule has 2 unspecified atom stereocenters. The van der Waals surface area contributed by atoms with E-state index in [4.69, 9.17) is 4.74 Å². The maximum Gasteiger partial charge on any atom is 0.223 e. The minimum Gasteiger partial charge on any atom is -0.372 e. The third kappa shape index (κ3) is 4.90. The first kappa shape index (κ1) is 17.7. The summed E-state index contributed by atoms with van der Waals surface area (Å²) in [4.78, 5) is 14.4. The molecule has 2 heterocycles. The Kier molecular flexibility index (Phi) is 7.27. The molecule has 2 aliphatic rings. The standard InChI is InChI=1S/C15H28N2O2.ClH/c1-11(14-5-4-6-16-8-14)7-15(18)17-9-12(2)19-13(3)10-17;/h11-14,16H,4-10H2,1-3H3;1H/t11?,12-,13+,14?;. The topological polar surface area (TPSA) is 41.6 Å². The van der Waals surface area contributed by atoms with Crippen LogP contribution in [0.25, 0.3) is 0 Å². The van der Waals surface area contributed by atoms with E-state index in [0.717, 1.165) is 26.2 Å². The molecular formula is C15H29ClN2O2. The number of carbonyl (C=O) groups is 1. The van der Waals surface area contributed by atoms with Gasteiger partial charge in [0.15, 0.2) is 0 Å². The average Bonchev–Trinajstić information content (AvgIpc) is 2.38. The van der Waals surface area contributed by atoms with Crippen molar-refractivity contribution in [3.05, 3.63) is 0 Å². The lowest BCUT2D eigenvalue weighted by atomic mass is 9.85. The van der Waals surface area contributed by atoms with Crippen LogP contribution in [0, 0.1) is 11.8 Å². The minimum absolute atomic E-state index is 0. The first-order chi connectivity index (χ1) is 9.06. The fourth-order valence-corrected chi connectivity index (χ4v) is 3.32. The van der Waals surface area contributed by atoms with Crippen LogP contribution in [-0.4, -0.2) is 49.2 Å². The summed E-state index contributed by atoms with van der Waals surface area (Å²) in [5, 5.41) is 3.44. The van der Waals surface area contributed by atoms with Gasteiger partial charge in [-0.05, 0) is 51.6 Å². The van der Waals surface area contributed by atoms with Crippen molar-refractivity contribution in [3.63, 3.8) is 0 Å². The first-order valence-electron chi connectivity index (χ1n) is 7.70. The first-order valence-corrected chi connectivity index (χ1v) is 7.70. The number of halogens is 1. The number of hydrogen-bond acceptors (Lipinski definition) is 3. The van der Waals surface area contributed by atoms with Gasteiger partial charge in [0, 0.05) is 19.5 Å². The number of hydrogen-bond donors (Lipinski definition) is 1. The summed E-state index contributed by atoms with van der Waals surface area (Å²) in [6.45, 7) is 10.0. The second kappa shape index (κ2) is 8.20. The highest BCUT2D eigenvalue weighted by atomic mass is 35.5. The third-order valence-corrected chi connectivity index (χ3v) is 4.41. The lowest BCUT2D eigenvalue weighted by Gasteiger charge is -2.36. The Morgan fingerprint density at radius 3 is 2.55 bits per heavy atom. The zero-order valence-electron chi connectivity index (χ0n) is 12.9.